The lowest BCUT2D eigenvalue weighted by Crippen LogP contribution is -2.63. The van der Waals surface area contributed by atoms with Gasteiger partial charge in [-0.05, 0) is 53.3 Å². The SMILES string of the molecule is CN(C(=O)[C@@H](NC(=O)N[C@H](C(=O)N1C[C@H]2[C@@H]([C@H]1C(=O)NC(CC1CCC1)C(=O)C(N)=O)C2(C)C)C(C)(C)C)C(C)(C)C)C1CC1. The number of Topliss-reactive ketones (excluding diaryl/α,β-unsaturated/α-hetero) is 1. The van der Waals surface area contributed by atoms with Gasteiger partial charge in [0, 0.05) is 19.6 Å². The highest BCUT2D eigenvalue weighted by atomic mass is 16.2. The number of amides is 6. The first-order chi connectivity index (χ1) is 20.7. The van der Waals surface area contributed by atoms with E-state index in [0.717, 1.165) is 32.1 Å². The number of hydrogen-bond donors (Lipinski definition) is 4. The van der Waals surface area contributed by atoms with Crippen LogP contribution < -0.4 is 21.7 Å². The molecule has 0 aromatic rings. The average Bonchev–Trinajstić information content (AvgIpc) is 3.77. The van der Waals surface area contributed by atoms with Crippen molar-refractivity contribution < 1.29 is 28.8 Å². The van der Waals surface area contributed by atoms with Crippen molar-refractivity contribution in [1.29, 1.82) is 0 Å². The number of piperidine rings is 1. The van der Waals surface area contributed by atoms with Crippen LogP contribution in [-0.4, -0.2) is 89.0 Å². The summed E-state index contributed by atoms with van der Waals surface area (Å²) >= 11 is 0. The second-order valence-corrected chi connectivity index (χ2v) is 16.6. The highest BCUT2D eigenvalue weighted by Gasteiger charge is 2.70. The molecule has 12 heteroatoms. The van der Waals surface area contributed by atoms with E-state index in [1.807, 2.05) is 41.5 Å². The van der Waals surface area contributed by atoms with Crippen LogP contribution in [-0.2, 0) is 24.0 Å². The molecule has 3 saturated carbocycles. The van der Waals surface area contributed by atoms with Crippen LogP contribution in [0, 0.1) is 34.0 Å². The second-order valence-electron chi connectivity index (χ2n) is 16.6. The molecule has 4 rings (SSSR count). The van der Waals surface area contributed by atoms with E-state index in [-0.39, 0.29) is 35.1 Å². The van der Waals surface area contributed by atoms with Gasteiger partial charge in [0.25, 0.3) is 5.91 Å². The van der Waals surface area contributed by atoms with Crippen molar-refractivity contribution in [3.05, 3.63) is 0 Å². The number of hydrogen-bond acceptors (Lipinski definition) is 6. The van der Waals surface area contributed by atoms with Gasteiger partial charge in [-0.1, -0.05) is 74.7 Å². The minimum absolute atomic E-state index is 0.0735. The normalized spacial score (nSPS) is 26.0. The number of nitrogens with one attached hydrogen (secondary N) is 3. The summed E-state index contributed by atoms with van der Waals surface area (Å²) in [5.41, 5.74) is 3.82. The van der Waals surface area contributed by atoms with Gasteiger partial charge in [0.1, 0.15) is 18.1 Å². The highest BCUT2D eigenvalue weighted by Crippen LogP contribution is 2.65. The van der Waals surface area contributed by atoms with Gasteiger partial charge in [-0.2, -0.15) is 0 Å². The van der Waals surface area contributed by atoms with Crippen LogP contribution in [0.15, 0.2) is 0 Å². The number of urea groups is 1. The number of carbonyl (C=O) groups excluding carboxylic acids is 6. The molecule has 5 N–H and O–H groups in total. The summed E-state index contributed by atoms with van der Waals surface area (Å²) in [4.78, 5) is 82.7. The largest absolute Gasteiger partial charge is 0.363 e. The van der Waals surface area contributed by atoms with Gasteiger partial charge in [0.15, 0.2) is 0 Å². The fourth-order valence-corrected chi connectivity index (χ4v) is 7.15. The van der Waals surface area contributed by atoms with Crippen molar-refractivity contribution in [1.82, 2.24) is 25.8 Å². The fraction of sp³-hybridized carbons (Fsp3) is 0.818. The van der Waals surface area contributed by atoms with E-state index in [1.165, 1.54) is 4.90 Å². The van der Waals surface area contributed by atoms with Gasteiger partial charge in [-0.15, -0.1) is 0 Å². The molecule has 3 aliphatic carbocycles. The maximum atomic E-state index is 14.3. The van der Waals surface area contributed by atoms with Crippen molar-refractivity contribution in [2.75, 3.05) is 13.6 Å². The first-order valence-electron chi connectivity index (χ1n) is 16.4. The molecule has 4 aliphatic rings. The van der Waals surface area contributed by atoms with E-state index < -0.39 is 64.5 Å². The van der Waals surface area contributed by atoms with Crippen molar-refractivity contribution in [3.63, 3.8) is 0 Å². The number of nitrogens with two attached hydrogens (primary N) is 1. The topological polar surface area (TPSA) is 171 Å². The molecule has 45 heavy (non-hydrogen) atoms. The van der Waals surface area contributed by atoms with Crippen LogP contribution in [0.5, 0.6) is 0 Å². The molecule has 12 nitrogen and oxygen atoms in total. The zero-order valence-electron chi connectivity index (χ0n) is 28.5. The van der Waals surface area contributed by atoms with E-state index >= 15 is 0 Å². The summed E-state index contributed by atoms with van der Waals surface area (Å²) in [5.74, 6) is -2.84. The molecule has 0 aromatic carbocycles. The Morgan fingerprint density at radius 3 is 1.91 bits per heavy atom. The molecule has 1 saturated heterocycles. The van der Waals surface area contributed by atoms with Gasteiger partial charge in [-0.3, -0.25) is 24.0 Å². The maximum absolute atomic E-state index is 14.3. The molecule has 252 valence electrons. The monoisotopic (exact) mass is 630 g/mol. The number of likely N-dealkylation sites (tertiary alicyclic amines) is 1. The van der Waals surface area contributed by atoms with E-state index in [0.29, 0.717) is 13.0 Å². The highest BCUT2D eigenvalue weighted by molar-refractivity contribution is 6.37. The lowest BCUT2D eigenvalue weighted by molar-refractivity contribution is -0.145. The Kier molecular flexibility index (Phi) is 9.41. The van der Waals surface area contributed by atoms with Gasteiger partial charge < -0.3 is 31.5 Å². The molecular formula is C33H54N6O6. The summed E-state index contributed by atoms with van der Waals surface area (Å²) in [6.45, 7) is 15.6. The maximum Gasteiger partial charge on any atom is 0.316 e. The number of fused-ring (bicyclic) bond motifs is 1. The molecule has 0 spiro atoms. The summed E-state index contributed by atoms with van der Waals surface area (Å²) in [6, 6.07) is -4.19. The summed E-state index contributed by atoms with van der Waals surface area (Å²) in [6.07, 6.45) is 5.09. The van der Waals surface area contributed by atoms with Gasteiger partial charge >= 0.3 is 6.03 Å². The lowest BCUT2D eigenvalue weighted by Gasteiger charge is -2.39. The van der Waals surface area contributed by atoms with Crippen LogP contribution in [0.4, 0.5) is 4.79 Å². The molecule has 0 bridgehead atoms. The van der Waals surface area contributed by atoms with Crippen molar-refractivity contribution in [2.45, 2.75) is 124 Å². The fourth-order valence-electron chi connectivity index (χ4n) is 7.15. The molecule has 0 radical (unpaired) electrons. The Labute approximate surface area is 267 Å². The standard InChI is InChI=1S/C33H54N6O6/c1-31(2,3)24(28(43)38(9)18-13-14-18)36-30(45)37-25(32(4,5)6)29(44)39-16-19-21(33(19,7)8)22(39)27(42)35-20(23(40)26(34)41)15-17-11-10-12-17/h17-22,24-25H,10-16H2,1-9H3,(H2,34,41)(H,35,42)(H2,36,37,45)/t19-,20?,21-,22-,24+,25+/m0/s1. The molecule has 1 heterocycles. The van der Waals surface area contributed by atoms with Crippen molar-refractivity contribution >= 4 is 35.4 Å². The number of rotatable bonds is 11. The number of ketones is 1. The van der Waals surface area contributed by atoms with E-state index in [1.54, 1.807) is 11.9 Å². The molecule has 4 fully saturated rings. The van der Waals surface area contributed by atoms with E-state index in [9.17, 15) is 28.8 Å². The van der Waals surface area contributed by atoms with Crippen LogP contribution in [0.25, 0.3) is 0 Å². The van der Waals surface area contributed by atoms with Crippen LogP contribution in [0.2, 0.25) is 0 Å². The zero-order valence-corrected chi connectivity index (χ0v) is 28.5. The third-order valence-electron chi connectivity index (χ3n) is 10.6. The minimum Gasteiger partial charge on any atom is -0.363 e. The zero-order chi connectivity index (χ0) is 33.8. The third kappa shape index (κ3) is 7.30. The Morgan fingerprint density at radius 2 is 1.44 bits per heavy atom. The predicted octanol–water partition coefficient (Wildman–Crippen LogP) is 1.95. The Balaban J connectivity index is 1.53. The molecule has 6 amide bonds. The molecule has 1 unspecified atom stereocenters. The van der Waals surface area contributed by atoms with Gasteiger partial charge in [0.2, 0.25) is 23.5 Å². The first kappa shape index (κ1) is 34.7. The van der Waals surface area contributed by atoms with E-state index in [2.05, 4.69) is 29.8 Å². The van der Waals surface area contributed by atoms with Crippen LogP contribution >= 0.6 is 0 Å². The molecule has 0 aromatic heterocycles. The number of primary amides is 1. The van der Waals surface area contributed by atoms with Gasteiger partial charge in [-0.25, -0.2) is 4.79 Å². The first-order valence-corrected chi connectivity index (χ1v) is 16.4. The quantitative estimate of drug-likeness (QED) is 0.254. The Morgan fingerprint density at radius 1 is 0.889 bits per heavy atom. The molecular weight excluding hydrogens is 576 g/mol. The van der Waals surface area contributed by atoms with Crippen LogP contribution in [0.1, 0.15) is 93.9 Å². The second kappa shape index (κ2) is 12.2. The van der Waals surface area contributed by atoms with Crippen LogP contribution in [0.3, 0.4) is 0 Å². The Hall–Kier alpha value is -3.18. The smallest absolute Gasteiger partial charge is 0.316 e. The lowest BCUT2D eigenvalue weighted by atomic mass is 9.80. The number of carbonyl (C=O) groups is 6. The molecule has 1 aliphatic heterocycles. The predicted molar refractivity (Wildman–Crippen MR) is 168 cm³/mol. The summed E-state index contributed by atoms with van der Waals surface area (Å²) in [7, 11) is 1.75. The third-order valence-corrected chi connectivity index (χ3v) is 10.6. The number of likely N-dealkylation sites (N-methyl/N-ethyl adjacent to an activating group) is 1. The van der Waals surface area contributed by atoms with Crippen molar-refractivity contribution in [2.24, 2.45) is 39.7 Å². The van der Waals surface area contributed by atoms with E-state index in [4.69, 9.17) is 5.73 Å². The van der Waals surface area contributed by atoms with Gasteiger partial charge in [0.05, 0.1) is 6.04 Å². The minimum atomic E-state index is -1.10. The average molecular weight is 631 g/mol. The summed E-state index contributed by atoms with van der Waals surface area (Å²) < 4.78 is 0. The summed E-state index contributed by atoms with van der Waals surface area (Å²) in [5, 5.41) is 8.47. The Bertz CT molecular complexity index is 1230. The number of nitrogens with zero attached hydrogens (tertiary/aromatic N) is 2. The van der Waals surface area contributed by atoms with Crippen molar-refractivity contribution in [3.8, 4) is 0 Å². The molecule has 6 atom stereocenters.